The largest absolute Gasteiger partial charge is 0.465 e. The number of ether oxygens (including phenoxy) is 1. The highest BCUT2D eigenvalue weighted by Crippen LogP contribution is 2.42. The summed E-state index contributed by atoms with van der Waals surface area (Å²) in [6.45, 7) is 4.15. The summed E-state index contributed by atoms with van der Waals surface area (Å²) in [7, 11) is 1.37. The average Bonchev–Trinajstić information content (AvgIpc) is 3.32. The fourth-order valence-corrected chi connectivity index (χ4v) is 7.49. The number of thiophene rings is 1. The van der Waals surface area contributed by atoms with Crippen LogP contribution in [0, 0.1) is 12.8 Å². The van der Waals surface area contributed by atoms with Crippen molar-refractivity contribution in [3.8, 4) is 0 Å². The zero-order chi connectivity index (χ0) is 28.9. The van der Waals surface area contributed by atoms with E-state index < -0.39 is 11.2 Å². The molecule has 2 atom stereocenters. The van der Waals surface area contributed by atoms with Crippen LogP contribution in [0.15, 0.2) is 83.8 Å². The van der Waals surface area contributed by atoms with Crippen molar-refractivity contribution in [1.82, 2.24) is 0 Å². The summed E-state index contributed by atoms with van der Waals surface area (Å²) >= 11 is 2.86. The topological polar surface area (TPSA) is 84.5 Å². The van der Waals surface area contributed by atoms with E-state index in [4.69, 9.17) is 4.74 Å². The fraction of sp³-hybridized carbons (Fsp3) is 0.242. The van der Waals surface area contributed by atoms with Crippen molar-refractivity contribution >= 4 is 51.6 Å². The Morgan fingerprint density at radius 1 is 0.976 bits per heavy atom. The number of esters is 1. The molecule has 0 spiro atoms. The molecule has 2 amide bonds. The lowest BCUT2D eigenvalue weighted by Crippen LogP contribution is -2.20. The van der Waals surface area contributed by atoms with Crippen LogP contribution in [-0.4, -0.2) is 24.9 Å². The van der Waals surface area contributed by atoms with Crippen LogP contribution >= 0.6 is 23.1 Å². The SMILES string of the molecule is COC(=O)c1c(NC(=O)C(Sc2cccc(NC(=O)c3cccc(C)c3)c2)c2ccccc2)sc2c1CCC(C)C2. The molecule has 4 aromatic rings. The van der Waals surface area contributed by atoms with Crippen LogP contribution in [-0.2, 0) is 22.4 Å². The number of benzene rings is 3. The molecule has 0 bridgehead atoms. The van der Waals surface area contributed by atoms with Crippen LogP contribution in [0.4, 0.5) is 10.7 Å². The number of fused-ring (bicyclic) bond motifs is 1. The van der Waals surface area contributed by atoms with Gasteiger partial charge in [0.25, 0.3) is 5.91 Å². The first-order chi connectivity index (χ1) is 19.8. The van der Waals surface area contributed by atoms with Gasteiger partial charge in [-0.15, -0.1) is 23.1 Å². The van der Waals surface area contributed by atoms with Crippen LogP contribution < -0.4 is 10.6 Å². The number of methoxy groups -OCH3 is 1. The maximum atomic E-state index is 13.9. The van der Waals surface area contributed by atoms with E-state index in [0.29, 0.717) is 27.7 Å². The van der Waals surface area contributed by atoms with E-state index in [1.165, 1.54) is 30.2 Å². The number of carbonyl (C=O) groups excluding carboxylic acids is 3. The van der Waals surface area contributed by atoms with E-state index in [2.05, 4.69) is 17.6 Å². The molecule has 2 unspecified atom stereocenters. The Labute approximate surface area is 248 Å². The summed E-state index contributed by atoms with van der Waals surface area (Å²) in [5.74, 6) is -0.318. The molecule has 0 fully saturated rings. The standard InChI is InChI=1S/C33H32N2O4S2/c1-20-9-7-12-23(17-20)30(36)34-24-13-8-14-25(19-24)40-29(22-10-5-4-6-11-22)31(37)35-32-28(33(38)39-3)26-16-15-21(2)18-27(26)41-32/h4-14,17,19,21,29H,15-16,18H2,1-3H3,(H,34,36)(H,35,37). The normalized spacial score (nSPS) is 15.0. The van der Waals surface area contributed by atoms with Gasteiger partial charge in [0.2, 0.25) is 5.91 Å². The van der Waals surface area contributed by atoms with Crippen LogP contribution in [0.5, 0.6) is 0 Å². The van der Waals surface area contributed by atoms with Crippen LogP contribution in [0.25, 0.3) is 0 Å². The first-order valence-corrected chi connectivity index (χ1v) is 15.3. The molecule has 6 nitrogen and oxygen atoms in total. The van der Waals surface area contributed by atoms with Crippen LogP contribution in [0.2, 0.25) is 0 Å². The van der Waals surface area contributed by atoms with Crippen molar-refractivity contribution in [2.45, 2.75) is 43.3 Å². The van der Waals surface area contributed by atoms with Crippen molar-refractivity contribution in [3.63, 3.8) is 0 Å². The summed E-state index contributed by atoms with van der Waals surface area (Å²) in [5.41, 5.74) is 4.54. The number of anilines is 2. The number of hydrogen-bond donors (Lipinski definition) is 2. The second kappa shape index (κ2) is 12.7. The molecule has 210 valence electrons. The molecular weight excluding hydrogens is 553 g/mol. The third-order valence-corrected chi connectivity index (χ3v) is 9.52. The lowest BCUT2D eigenvalue weighted by atomic mass is 9.88. The van der Waals surface area contributed by atoms with Gasteiger partial charge in [-0.2, -0.15) is 0 Å². The van der Waals surface area contributed by atoms with Gasteiger partial charge < -0.3 is 15.4 Å². The highest BCUT2D eigenvalue weighted by atomic mass is 32.2. The second-order valence-electron chi connectivity index (χ2n) is 10.3. The Balaban J connectivity index is 1.40. The molecule has 1 aromatic heterocycles. The Morgan fingerprint density at radius 3 is 2.51 bits per heavy atom. The van der Waals surface area contributed by atoms with Gasteiger partial charge in [-0.3, -0.25) is 9.59 Å². The molecule has 1 aliphatic rings. The molecule has 0 saturated heterocycles. The van der Waals surface area contributed by atoms with Gasteiger partial charge in [-0.05, 0) is 73.6 Å². The molecule has 2 N–H and O–H groups in total. The van der Waals surface area contributed by atoms with Crippen molar-refractivity contribution in [3.05, 3.63) is 112 Å². The minimum Gasteiger partial charge on any atom is -0.465 e. The van der Waals surface area contributed by atoms with Gasteiger partial charge in [0, 0.05) is 21.0 Å². The van der Waals surface area contributed by atoms with E-state index in [0.717, 1.165) is 45.7 Å². The number of carbonyl (C=O) groups is 3. The zero-order valence-electron chi connectivity index (χ0n) is 23.2. The maximum absolute atomic E-state index is 13.9. The quantitative estimate of drug-likeness (QED) is 0.164. The highest BCUT2D eigenvalue weighted by molar-refractivity contribution is 8.00. The number of amides is 2. The third-order valence-electron chi connectivity index (χ3n) is 7.10. The van der Waals surface area contributed by atoms with Crippen LogP contribution in [0.1, 0.15) is 60.9 Å². The summed E-state index contributed by atoms with van der Waals surface area (Å²) in [6.07, 6.45) is 2.68. The molecule has 5 rings (SSSR count). The van der Waals surface area contributed by atoms with Crippen molar-refractivity contribution in [2.75, 3.05) is 17.7 Å². The Morgan fingerprint density at radius 2 is 1.76 bits per heavy atom. The minimum absolute atomic E-state index is 0.195. The Hall–Kier alpha value is -3.88. The van der Waals surface area contributed by atoms with Gasteiger partial charge in [-0.1, -0.05) is 61.0 Å². The average molecular weight is 585 g/mol. The number of nitrogens with one attached hydrogen (secondary N) is 2. The molecule has 8 heteroatoms. The minimum atomic E-state index is -0.595. The van der Waals surface area contributed by atoms with Gasteiger partial charge in [-0.25, -0.2) is 4.79 Å². The number of aryl methyl sites for hydroxylation is 1. The van der Waals surface area contributed by atoms with Gasteiger partial charge >= 0.3 is 5.97 Å². The summed E-state index contributed by atoms with van der Waals surface area (Å²) in [5, 5.41) is 5.99. The predicted molar refractivity (Wildman–Crippen MR) is 166 cm³/mol. The van der Waals surface area contributed by atoms with Gasteiger partial charge in [0.1, 0.15) is 10.3 Å². The van der Waals surface area contributed by atoms with Crippen LogP contribution in [0.3, 0.4) is 0 Å². The van der Waals surface area contributed by atoms with Gasteiger partial charge in [0.15, 0.2) is 0 Å². The molecule has 1 aliphatic carbocycles. The van der Waals surface area contributed by atoms with Crippen molar-refractivity contribution in [1.29, 1.82) is 0 Å². The molecule has 3 aromatic carbocycles. The fourth-order valence-electron chi connectivity index (χ4n) is 5.01. The highest BCUT2D eigenvalue weighted by Gasteiger charge is 2.31. The van der Waals surface area contributed by atoms with E-state index in [1.54, 1.807) is 6.07 Å². The van der Waals surface area contributed by atoms with E-state index >= 15 is 0 Å². The number of thioether (sulfide) groups is 1. The first-order valence-electron chi connectivity index (χ1n) is 13.6. The van der Waals surface area contributed by atoms with Crippen molar-refractivity contribution < 1.29 is 19.1 Å². The maximum Gasteiger partial charge on any atom is 0.341 e. The van der Waals surface area contributed by atoms with E-state index in [-0.39, 0.29) is 11.8 Å². The van der Waals surface area contributed by atoms with Gasteiger partial charge in [0.05, 0.1) is 12.7 Å². The molecule has 0 saturated carbocycles. The molecular formula is C33H32N2O4S2. The second-order valence-corrected chi connectivity index (χ2v) is 12.6. The van der Waals surface area contributed by atoms with Crippen molar-refractivity contribution in [2.24, 2.45) is 5.92 Å². The number of rotatable bonds is 8. The molecule has 0 aliphatic heterocycles. The summed E-state index contributed by atoms with van der Waals surface area (Å²) in [6, 6.07) is 24.5. The summed E-state index contributed by atoms with van der Waals surface area (Å²) in [4.78, 5) is 41.5. The summed E-state index contributed by atoms with van der Waals surface area (Å²) < 4.78 is 5.11. The monoisotopic (exact) mass is 584 g/mol. The van der Waals surface area contributed by atoms with E-state index in [9.17, 15) is 14.4 Å². The number of hydrogen-bond acceptors (Lipinski definition) is 6. The Kier molecular flexibility index (Phi) is 8.90. The third kappa shape index (κ3) is 6.72. The predicted octanol–water partition coefficient (Wildman–Crippen LogP) is 7.69. The zero-order valence-corrected chi connectivity index (χ0v) is 24.9. The van der Waals surface area contributed by atoms with E-state index in [1.807, 2.05) is 79.7 Å². The Bertz CT molecular complexity index is 1580. The smallest absolute Gasteiger partial charge is 0.341 e. The molecule has 41 heavy (non-hydrogen) atoms. The molecule has 1 heterocycles. The lowest BCUT2D eigenvalue weighted by molar-refractivity contribution is -0.115. The first kappa shape index (κ1) is 28.6. The lowest BCUT2D eigenvalue weighted by Gasteiger charge is -2.18. The molecule has 0 radical (unpaired) electrons.